The lowest BCUT2D eigenvalue weighted by molar-refractivity contribution is -0.141. The van der Waals surface area contributed by atoms with E-state index in [0.29, 0.717) is 5.69 Å². The first kappa shape index (κ1) is 14.8. The van der Waals surface area contributed by atoms with Crippen molar-refractivity contribution in [3.8, 4) is 0 Å². The summed E-state index contributed by atoms with van der Waals surface area (Å²) in [4.78, 5) is 25.4. The van der Waals surface area contributed by atoms with Gasteiger partial charge in [-0.1, -0.05) is 24.4 Å². The number of carbonyl (C=O) groups excluding carboxylic acids is 1. The topological polar surface area (TPSA) is 64.4 Å². The van der Waals surface area contributed by atoms with Crippen LogP contribution in [0.1, 0.15) is 25.7 Å². The summed E-state index contributed by atoms with van der Waals surface area (Å²) in [5, 5.41) is 4.13. The van der Waals surface area contributed by atoms with E-state index in [0.717, 1.165) is 30.6 Å². The molecule has 1 aliphatic heterocycles. The third-order valence-corrected chi connectivity index (χ3v) is 3.78. The molecule has 0 N–H and O–H groups in total. The third-order valence-electron chi connectivity index (χ3n) is 3.42. The second kappa shape index (κ2) is 6.74. The Kier molecular flexibility index (Phi) is 5.00. The van der Waals surface area contributed by atoms with Crippen molar-refractivity contribution in [3.05, 3.63) is 21.6 Å². The number of anilines is 1. The average molecular weight is 300 g/mol. The van der Waals surface area contributed by atoms with E-state index in [2.05, 4.69) is 14.7 Å². The Labute approximate surface area is 122 Å². The molecule has 0 spiro atoms. The lowest BCUT2D eigenvalue weighted by atomic mass is 10.2. The van der Waals surface area contributed by atoms with Crippen LogP contribution in [0, 0.1) is 0 Å². The number of halogens is 1. The lowest BCUT2D eigenvalue weighted by Gasteiger charge is -2.23. The van der Waals surface area contributed by atoms with Gasteiger partial charge in [0.2, 0.25) is 0 Å². The summed E-state index contributed by atoms with van der Waals surface area (Å²) < 4.78 is 5.54. The molecule has 0 aromatic carbocycles. The fraction of sp³-hybridized carbons (Fsp3) is 0.615. The normalized spacial score (nSPS) is 15.8. The summed E-state index contributed by atoms with van der Waals surface area (Å²) in [6, 6.07) is 0. The van der Waals surface area contributed by atoms with Gasteiger partial charge in [0.25, 0.3) is 5.56 Å². The van der Waals surface area contributed by atoms with Crippen molar-refractivity contribution in [3.63, 3.8) is 0 Å². The standard InChI is InChI=1S/C13H18ClN3O3/c1-20-11(18)9-17-13(19)12(14)10(8-15-17)16-6-4-2-3-5-7-16/h8H,2-7,9H2,1H3. The predicted molar refractivity (Wildman–Crippen MR) is 76.2 cm³/mol. The van der Waals surface area contributed by atoms with Gasteiger partial charge >= 0.3 is 5.97 Å². The minimum Gasteiger partial charge on any atom is -0.468 e. The smallest absolute Gasteiger partial charge is 0.327 e. The quantitative estimate of drug-likeness (QED) is 0.791. The van der Waals surface area contributed by atoms with Crippen LogP contribution in [0.25, 0.3) is 0 Å². The Balaban J connectivity index is 2.25. The minimum absolute atomic E-state index is 0.116. The highest BCUT2D eigenvalue weighted by Crippen LogP contribution is 2.23. The maximum Gasteiger partial charge on any atom is 0.327 e. The summed E-state index contributed by atoms with van der Waals surface area (Å²) in [5.74, 6) is -0.529. The summed E-state index contributed by atoms with van der Waals surface area (Å²) in [5.41, 5.74) is 0.193. The van der Waals surface area contributed by atoms with Crippen molar-refractivity contribution in [2.24, 2.45) is 0 Å². The molecule has 0 bridgehead atoms. The number of methoxy groups -OCH3 is 1. The number of esters is 1. The van der Waals surface area contributed by atoms with Crippen LogP contribution in [0.2, 0.25) is 5.02 Å². The molecular weight excluding hydrogens is 282 g/mol. The zero-order valence-corrected chi connectivity index (χ0v) is 12.2. The fourth-order valence-corrected chi connectivity index (χ4v) is 2.55. The molecule has 1 aromatic rings. The van der Waals surface area contributed by atoms with Crippen LogP contribution in [0.15, 0.2) is 11.0 Å². The monoisotopic (exact) mass is 299 g/mol. The van der Waals surface area contributed by atoms with Crippen molar-refractivity contribution in [1.82, 2.24) is 9.78 Å². The van der Waals surface area contributed by atoms with Gasteiger partial charge in [0.15, 0.2) is 0 Å². The fourth-order valence-electron chi connectivity index (χ4n) is 2.29. The van der Waals surface area contributed by atoms with Crippen molar-refractivity contribution in [2.75, 3.05) is 25.1 Å². The van der Waals surface area contributed by atoms with Crippen LogP contribution in [0.3, 0.4) is 0 Å². The molecule has 7 heteroatoms. The number of aromatic nitrogens is 2. The highest BCUT2D eigenvalue weighted by atomic mass is 35.5. The molecule has 20 heavy (non-hydrogen) atoms. The number of hydrogen-bond acceptors (Lipinski definition) is 5. The molecule has 110 valence electrons. The van der Waals surface area contributed by atoms with E-state index in [1.165, 1.54) is 20.0 Å². The first-order valence-electron chi connectivity index (χ1n) is 6.71. The number of rotatable bonds is 3. The Morgan fingerprint density at radius 1 is 1.35 bits per heavy atom. The minimum atomic E-state index is -0.529. The van der Waals surface area contributed by atoms with Gasteiger partial charge in [-0.25, -0.2) is 4.68 Å². The van der Waals surface area contributed by atoms with Gasteiger partial charge in [0.05, 0.1) is 19.0 Å². The van der Waals surface area contributed by atoms with Crippen molar-refractivity contribution in [1.29, 1.82) is 0 Å². The first-order chi connectivity index (χ1) is 9.63. The van der Waals surface area contributed by atoms with Crippen LogP contribution in [-0.2, 0) is 16.1 Å². The van der Waals surface area contributed by atoms with Crippen LogP contribution in [0.5, 0.6) is 0 Å². The zero-order chi connectivity index (χ0) is 14.5. The van der Waals surface area contributed by atoms with Crippen molar-refractivity contribution < 1.29 is 9.53 Å². The second-order valence-corrected chi connectivity index (χ2v) is 5.16. The van der Waals surface area contributed by atoms with Crippen LogP contribution in [0.4, 0.5) is 5.69 Å². The maximum atomic E-state index is 12.1. The molecular formula is C13H18ClN3O3. The number of hydrogen-bond donors (Lipinski definition) is 0. The molecule has 2 heterocycles. The van der Waals surface area contributed by atoms with Gasteiger partial charge in [-0.15, -0.1) is 0 Å². The summed E-state index contributed by atoms with van der Waals surface area (Å²) in [6.45, 7) is 1.53. The molecule has 0 radical (unpaired) electrons. The molecule has 6 nitrogen and oxygen atoms in total. The molecule has 1 fully saturated rings. The molecule has 0 unspecified atom stereocenters. The van der Waals surface area contributed by atoms with E-state index < -0.39 is 11.5 Å². The van der Waals surface area contributed by atoms with E-state index in [9.17, 15) is 9.59 Å². The van der Waals surface area contributed by atoms with E-state index in [1.54, 1.807) is 6.20 Å². The number of ether oxygens (including phenoxy) is 1. The lowest BCUT2D eigenvalue weighted by Crippen LogP contribution is -2.31. The van der Waals surface area contributed by atoms with Crippen LogP contribution in [-0.4, -0.2) is 35.9 Å². The van der Waals surface area contributed by atoms with E-state index in [4.69, 9.17) is 11.6 Å². The molecule has 1 aliphatic rings. The average Bonchev–Trinajstić information content (AvgIpc) is 2.73. The summed E-state index contributed by atoms with van der Waals surface area (Å²) in [6.07, 6.45) is 6.11. The van der Waals surface area contributed by atoms with Gasteiger partial charge in [-0.05, 0) is 12.8 Å². The van der Waals surface area contributed by atoms with Crippen molar-refractivity contribution >= 4 is 23.3 Å². The Bertz CT molecular complexity index is 536. The maximum absolute atomic E-state index is 12.1. The highest BCUT2D eigenvalue weighted by molar-refractivity contribution is 6.33. The second-order valence-electron chi connectivity index (χ2n) is 4.78. The van der Waals surface area contributed by atoms with Gasteiger partial charge < -0.3 is 9.64 Å². The van der Waals surface area contributed by atoms with Crippen LogP contribution < -0.4 is 10.5 Å². The van der Waals surface area contributed by atoms with E-state index >= 15 is 0 Å². The molecule has 0 aliphatic carbocycles. The van der Waals surface area contributed by atoms with Crippen molar-refractivity contribution in [2.45, 2.75) is 32.2 Å². The molecule has 1 aromatic heterocycles. The summed E-state index contributed by atoms with van der Waals surface area (Å²) >= 11 is 6.14. The third kappa shape index (κ3) is 3.30. The largest absolute Gasteiger partial charge is 0.468 e. The van der Waals surface area contributed by atoms with Gasteiger partial charge in [0, 0.05) is 13.1 Å². The van der Waals surface area contributed by atoms with Crippen LogP contribution >= 0.6 is 11.6 Å². The number of nitrogens with zero attached hydrogens (tertiary/aromatic N) is 3. The SMILES string of the molecule is COC(=O)Cn1ncc(N2CCCCCC2)c(Cl)c1=O. The highest BCUT2D eigenvalue weighted by Gasteiger charge is 2.17. The molecule has 2 rings (SSSR count). The van der Waals surface area contributed by atoms with Gasteiger partial charge in [-0.3, -0.25) is 9.59 Å². The molecule has 1 saturated heterocycles. The van der Waals surface area contributed by atoms with E-state index in [1.807, 2.05) is 0 Å². The Hall–Kier alpha value is -1.56. The molecule has 0 saturated carbocycles. The predicted octanol–water partition coefficient (Wildman–Crippen LogP) is 1.45. The molecule has 0 amide bonds. The molecule has 0 atom stereocenters. The van der Waals surface area contributed by atoms with E-state index in [-0.39, 0.29) is 11.6 Å². The Morgan fingerprint density at radius 3 is 2.60 bits per heavy atom. The number of carbonyl (C=O) groups is 1. The Morgan fingerprint density at radius 2 is 2.00 bits per heavy atom. The first-order valence-corrected chi connectivity index (χ1v) is 7.08. The zero-order valence-electron chi connectivity index (χ0n) is 11.5. The van der Waals surface area contributed by atoms with Gasteiger partial charge in [0.1, 0.15) is 11.6 Å². The summed E-state index contributed by atoms with van der Waals surface area (Å²) in [7, 11) is 1.26. The van der Waals surface area contributed by atoms with Gasteiger partial charge in [-0.2, -0.15) is 5.10 Å².